The molecular weight excluding hydrogens is 282 g/mol. The summed E-state index contributed by atoms with van der Waals surface area (Å²) in [4.78, 5) is 13.9. The van der Waals surface area contributed by atoms with E-state index in [0.717, 1.165) is 24.9 Å². The average molecular weight is 307 g/mol. The quantitative estimate of drug-likeness (QED) is 0.877. The number of aromatic hydroxyl groups is 1. The molecule has 1 unspecified atom stereocenters. The first-order chi connectivity index (χ1) is 10.6. The highest BCUT2D eigenvalue weighted by molar-refractivity contribution is 5.77. The number of methoxy groups -OCH3 is 2. The van der Waals surface area contributed by atoms with Crippen molar-refractivity contribution in [1.82, 2.24) is 4.90 Å². The number of amides is 1. The molecule has 22 heavy (non-hydrogen) atoms. The van der Waals surface area contributed by atoms with E-state index in [0.29, 0.717) is 36.8 Å². The van der Waals surface area contributed by atoms with Gasteiger partial charge in [0.25, 0.3) is 0 Å². The molecule has 1 amide bonds. The maximum atomic E-state index is 12.0. The highest BCUT2D eigenvalue weighted by Gasteiger charge is 2.24. The topological polar surface area (TPSA) is 59.0 Å². The van der Waals surface area contributed by atoms with E-state index in [-0.39, 0.29) is 11.7 Å². The number of phenols is 1. The third-order valence-electron chi connectivity index (χ3n) is 4.43. The van der Waals surface area contributed by atoms with Gasteiger partial charge in [-0.15, -0.1) is 0 Å². The number of benzene rings is 1. The molecule has 0 aliphatic carbocycles. The van der Waals surface area contributed by atoms with E-state index in [2.05, 4.69) is 6.92 Å². The van der Waals surface area contributed by atoms with Crippen molar-refractivity contribution in [3.8, 4) is 17.2 Å². The van der Waals surface area contributed by atoms with E-state index in [9.17, 15) is 9.90 Å². The molecule has 5 nitrogen and oxygen atoms in total. The monoisotopic (exact) mass is 307 g/mol. The van der Waals surface area contributed by atoms with E-state index in [4.69, 9.17) is 9.47 Å². The molecule has 122 valence electrons. The maximum Gasteiger partial charge on any atom is 0.222 e. The van der Waals surface area contributed by atoms with Crippen molar-refractivity contribution in [2.75, 3.05) is 27.3 Å². The predicted molar refractivity (Wildman–Crippen MR) is 84.5 cm³/mol. The fourth-order valence-corrected chi connectivity index (χ4v) is 2.95. The highest BCUT2D eigenvalue weighted by Crippen LogP contribution is 2.39. The zero-order valence-corrected chi connectivity index (χ0v) is 13.6. The van der Waals surface area contributed by atoms with Crippen molar-refractivity contribution in [3.05, 3.63) is 17.7 Å². The molecule has 1 N–H and O–H groups in total. The number of rotatable bonds is 6. The molecule has 1 aromatic rings. The molecule has 1 heterocycles. The lowest BCUT2D eigenvalue weighted by Gasteiger charge is -2.32. The lowest BCUT2D eigenvalue weighted by molar-refractivity contribution is -0.134. The molecule has 1 aliphatic heterocycles. The molecule has 1 aliphatic rings. The molecule has 1 saturated heterocycles. The molecular formula is C17H25NO4. The van der Waals surface area contributed by atoms with Gasteiger partial charge in [0.05, 0.1) is 14.2 Å². The summed E-state index contributed by atoms with van der Waals surface area (Å²) in [6, 6.07) is 3.60. The van der Waals surface area contributed by atoms with Crippen molar-refractivity contribution in [2.24, 2.45) is 5.92 Å². The summed E-state index contributed by atoms with van der Waals surface area (Å²) in [6.45, 7) is 3.61. The Balaban J connectivity index is 2.06. The number of carbonyl (C=O) groups is 1. The fraction of sp³-hybridized carbons (Fsp3) is 0.588. The summed E-state index contributed by atoms with van der Waals surface area (Å²) in [5.41, 5.74) is 0.768. The van der Waals surface area contributed by atoms with Gasteiger partial charge in [0, 0.05) is 19.5 Å². The predicted octanol–water partition coefficient (Wildman–Crippen LogP) is 2.60. The molecule has 0 saturated carbocycles. The Morgan fingerprint density at radius 2 is 2.09 bits per heavy atom. The van der Waals surface area contributed by atoms with Gasteiger partial charge in [0.15, 0.2) is 11.5 Å². The number of likely N-dealkylation sites (tertiary alicyclic amines) is 1. The van der Waals surface area contributed by atoms with Crippen LogP contribution in [0.25, 0.3) is 0 Å². The first-order valence-electron chi connectivity index (χ1n) is 7.81. The normalized spacial score (nSPS) is 18.4. The van der Waals surface area contributed by atoms with Crippen LogP contribution in [0.4, 0.5) is 0 Å². The average Bonchev–Trinajstić information content (AvgIpc) is 2.54. The first-order valence-corrected chi connectivity index (χ1v) is 7.81. The van der Waals surface area contributed by atoms with Crippen LogP contribution in [0, 0.1) is 5.92 Å². The van der Waals surface area contributed by atoms with Crippen LogP contribution in [-0.4, -0.2) is 43.2 Å². The molecule has 1 atom stereocenters. The molecule has 0 spiro atoms. The summed E-state index contributed by atoms with van der Waals surface area (Å²) in [5.74, 6) is 1.75. The van der Waals surface area contributed by atoms with Gasteiger partial charge < -0.3 is 19.5 Å². The van der Waals surface area contributed by atoms with Crippen LogP contribution in [0.15, 0.2) is 12.1 Å². The number of hydrogen-bond acceptors (Lipinski definition) is 4. The molecule has 1 aromatic carbocycles. The van der Waals surface area contributed by atoms with Gasteiger partial charge in [0.1, 0.15) is 0 Å². The van der Waals surface area contributed by atoms with Gasteiger partial charge in [-0.3, -0.25) is 4.79 Å². The third-order valence-corrected chi connectivity index (χ3v) is 4.43. The number of ether oxygens (including phenoxy) is 2. The first kappa shape index (κ1) is 16.5. The van der Waals surface area contributed by atoms with Crippen LogP contribution in [0.5, 0.6) is 17.2 Å². The van der Waals surface area contributed by atoms with Gasteiger partial charge >= 0.3 is 0 Å². The minimum Gasteiger partial charge on any atom is -0.504 e. The Bertz CT molecular complexity index is 530. The summed E-state index contributed by atoms with van der Waals surface area (Å²) in [5, 5.41) is 10.3. The van der Waals surface area contributed by atoms with Gasteiger partial charge in [-0.25, -0.2) is 0 Å². The van der Waals surface area contributed by atoms with Gasteiger partial charge in [-0.05, 0) is 30.4 Å². The molecule has 1 fully saturated rings. The lowest BCUT2D eigenvalue weighted by atomic mass is 9.95. The summed E-state index contributed by atoms with van der Waals surface area (Å²) >= 11 is 0. The van der Waals surface area contributed by atoms with Crippen LogP contribution in [0.2, 0.25) is 0 Å². The lowest BCUT2D eigenvalue weighted by Crippen LogP contribution is -2.40. The molecule has 2 rings (SSSR count). The van der Waals surface area contributed by atoms with Crippen LogP contribution >= 0.6 is 0 Å². The van der Waals surface area contributed by atoms with Crippen LogP contribution in [0.3, 0.4) is 0 Å². The second kappa shape index (κ2) is 7.38. The van der Waals surface area contributed by atoms with Gasteiger partial charge in [0.2, 0.25) is 11.7 Å². The number of piperidine rings is 1. The second-order valence-corrected chi connectivity index (χ2v) is 5.71. The Labute approximate surface area is 131 Å². The van der Waals surface area contributed by atoms with Crippen molar-refractivity contribution >= 4 is 5.91 Å². The molecule has 0 bridgehead atoms. The minimum atomic E-state index is 0.0957. The third kappa shape index (κ3) is 3.46. The van der Waals surface area contributed by atoms with E-state index in [1.807, 2.05) is 11.0 Å². The van der Waals surface area contributed by atoms with Crippen molar-refractivity contribution in [2.45, 2.75) is 32.6 Å². The summed E-state index contributed by atoms with van der Waals surface area (Å²) in [6.07, 6.45) is 3.34. The highest BCUT2D eigenvalue weighted by atomic mass is 16.5. The Morgan fingerprint density at radius 1 is 1.32 bits per heavy atom. The summed E-state index contributed by atoms with van der Waals surface area (Å²) < 4.78 is 10.4. The van der Waals surface area contributed by atoms with E-state index in [1.54, 1.807) is 6.07 Å². The molecule has 0 radical (unpaired) electrons. The Morgan fingerprint density at radius 3 is 2.73 bits per heavy atom. The number of nitrogens with zero attached hydrogens (tertiary/aromatic N) is 1. The number of phenolic OH excluding ortho intramolecular Hbond substituents is 1. The van der Waals surface area contributed by atoms with Crippen LogP contribution in [0.1, 0.15) is 31.7 Å². The van der Waals surface area contributed by atoms with Crippen LogP contribution < -0.4 is 9.47 Å². The fourth-order valence-electron chi connectivity index (χ4n) is 2.95. The van der Waals surface area contributed by atoms with Gasteiger partial charge in [-0.1, -0.05) is 19.4 Å². The maximum absolute atomic E-state index is 12.0. The smallest absolute Gasteiger partial charge is 0.222 e. The van der Waals surface area contributed by atoms with Gasteiger partial charge in [-0.2, -0.15) is 0 Å². The Hall–Kier alpha value is -1.91. The molecule has 0 aromatic heterocycles. The van der Waals surface area contributed by atoms with E-state index >= 15 is 0 Å². The zero-order valence-electron chi connectivity index (χ0n) is 13.6. The van der Waals surface area contributed by atoms with Crippen LogP contribution in [-0.2, 0) is 11.2 Å². The number of carbonyl (C=O) groups excluding carboxylic acids is 1. The van der Waals surface area contributed by atoms with Crippen molar-refractivity contribution in [3.63, 3.8) is 0 Å². The zero-order chi connectivity index (χ0) is 16.1. The van der Waals surface area contributed by atoms with Crippen molar-refractivity contribution < 1.29 is 19.4 Å². The van der Waals surface area contributed by atoms with E-state index in [1.165, 1.54) is 14.2 Å². The van der Waals surface area contributed by atoms with Crippen molar-refractivity contribution in [1.29, 1.82) is 0 Å². The second-order valence-electron chi connectivity index (χ2n) is 5.71. The van der Waals surface area contributed by atoms with E-state index < -0.39 is 0 Å². The molecule has 5 heteroatoms. The number of hydrogen-bond donors (Lipinski definition) is 1. The SMILES string of the molecule is CCC1CCC(=O)N(CCc2ccc(OC)c(OC)c2O)C1. The standard InChI is InChI=1S/C17H25NO4/c1-4-12-5-8-15(19)18(11-12)10-9-13-6-7-14(21-2)17(22-3)16(13)20/h6-7,12,20H,4-5,8-11H2,1-3H3. The minimum absolute atomic E-state index is 0.0957. The Kier molecular flexibility index (Phi) is 5.52. The largest absolute Gasteiger partial charge is 0.504 e. The summed E-state index contributed by atoms with van der Waals surface area (Å²) in [7, 11) is 3.04.